The highest BCUT2D eigenvalue weighted by Gasteiger charge is 2.16. The Labute approximate surface area is 120 Å². The number of nitrogens with one attached hydrogen (secondary N) is 1. The number of imide groups is 1. The lowest BCUT2D eigenvalue weighted by Crippen LogP contribution is -2.35. The third-order valence-electron chi connectivity index (χ3n) is 3.13. The van der Waals surface area contributed by atoms with Gasteiger partial charge in [-0.25, -0.2) is 4.79 Å². The Morgan fingerprint density at radius 2 is 1.90 bits per heavy atom. The molecule has 1 unspecified atom stereocenters. The van der Waals surface area contributed by atoms with Crippen molar-refractivity contribution in [2.45, 2.75) is 46.1 Å². The number of carbonyl (C=O) groups is 2. The molecule has 0 aliphatic heterocycles. The van der Waals surface area contributed by atoms with Crippen LogP contribution in [0.15, 0.2) is 30.3 Å². The zero-order valence-electron chi connectivity index (χ0n) is 12.2. The SMILES string of the molecule is CCCCCC(C)C(=O)NC(=O)OCc1ccccc1. The maximum absolute atomic E-state index is 11.7. The third-order valence-corrected chi connectivity index (χ3v) is 3.13. The van der Waals surface area contributed by atoms with Gasteiger partial charge in [-0.3, -0.25) is 10.1 Å². The molecular formula is C16H23NO3. The van der Waals surface area contributed by atoms with Crippen LogP contribution in [-0.2, 0) is 16.1 Å². The highest BCUT2D eigenvalue weighted by atomic mass is 16.5. The standard InChI is InChI=1S/C16H23NO3/c1-3-4-6-9-13(2)15(18)17-16(19)20-12-14-10-7-5-8-11-14/h5,7-8,10-11,13H,3-4,6,9,12H2,1-2H3,(H,17,18,19). The lowest BCUT2D eigenvalue weighted by Gasteiger charge is -2.11. The van der Waals surface area contributed by atoms with Crippen molar-refractivity contribution in [3.05, 3.63) is 35.9 Å². The zero-order chi connectivity index (χ0) is 14.8. The Hall–Kier alpha value is -1.84. The lowest BCUT2D eigenvalue weighted by molar-refractivity contribution is -0.124. The van der Waals surface area contributed by atoms with Crippen LogP contribution in [0, 0.1) is 5.92 Å². The number of amides is 2. The van der Waals surface area contributed by atoms with Crippen molar-refractivity contribution in [2.75, 3.05) is 0 Å². The molecule has 0 heterocycles. The van der Waals surface area contributed by atoms with Gasteiger partial charge in [0.15, 0.2) is 0 Å². The Bertz CT molecular complexity index is 417. The van der Waals surface area contributed by atoms with Gasteiger partial charge in [0, 0.05) is 5.92 Å². The molecule has 20 heavy (non-hydrogen) atoms. The topological polar surface area (TPSA) is 55.4 Å². The number of carbonyl (C=O) groups excluding carboxylic acids is 2. The number of ether oxygens (including phenoxy) is 1. The Kier molecular flexibility index (Phi) is 7.40. The van der Waals surface area contributed by atoms with Gasteiger partial charge in [0.2, 0.25) is 5.91 Å². The maximum atomic E-state index is 11.7. The Morgan fingerprint density at radius 1 is 1.20 bits per heavy atom. The first-order chi connectivity index (χ1) is 9.63. The Morgan fingerprint density at radius 3 is 2.55 bits per heavy atom. The number of benzene rings is 1. The van der Waals surface area contributed by atoms with Crippen LogP contribution < -0.4 is 5.32 Å². The van der Waals surface area contributed by atoms with E-state index < -0.39 is 6.09 Å². The monoisotopic (exact) mass is 277 g/mol. The van der Waals surface area contributed by atoms with Crippen LogP contribution >= 0.6 is 0 Å². The van der Waals surface area contributed by atoms with Gasteiger partial charge in [-0.2, -0.15) is 0 Å². The molecule has 1 rings (SSSR count). The summed E-state index contributed by atoms with van der Waals surface area (Å²) in [5.41, 5.74) is 0.895. The summed E-state index contributed by atoms with van der Waals surface area (Å²) in [4.78, 5) is 23.3. The molecule has 0 saturated heterocycles. The molecule has 4 heteroatoms. The second kappa shape index (κ2) is 9.13. The largest absolute Gasteiger partial charge is 0.444 e. The minimum atomic E-state index is -0.679. The molecule has 0 radical (unpaired) electrons. The van der Waals surface area contributed by atoms with Crippen LogP contribution in [0.2, 0.25) is 0 Å². The first-order valence-electron chi connectivity index (χ1n) is 7.15. The van der Waals surface area contributed by atoms with E-state index in [1.807, 2.05) is 37.3 Å². The lowest BCUT2D eigenvalue weighted by atomic mass is 10.0. The highest BCUT2D eigenvalue weighted by molar-refractivity contribution is 5.92. The summed E-state index contributed by atoms with van der Waals surface area (Å²) in [6.45, 7) is 4.12. The van der Waals surface area contributed by atoms with Gasteiger partial charge < -0.3 is 4.74 Å². The fraction of sp³-hybridized carbons (Fsp3) is 0.500. The van der Waals surface area contributed by atoms with Gasteiger partial charge in [-0.05, 0) is 12.0 Å². The molecule has 0 spiro atoms. The molecule has 0 aromatic heterocycles. The smallest absolute Gasteiger partial charge is 0.414 e. The highest BCUT2D eigenvalue weighted by Crippen LogP contribution is 2.09. The van der Waals surface area contributed by atoms with E-state index in [1.54, 1.807) is 0 Å². The van der Waals surface area contributed by atoms with E-state index in [1.165, 1.54) is 0 Å². The van der Waals surface area contributed by atoms with E-state index in [0.717, 1.165) is 31.2 Å². The van der Waals surface area contributed by atoms with E-state index in [2.05, 4.69) is 12.2 Å². The van der Waals surface area contributed by atoms with Crippen molar-refractivity contribution >= 4 is 12.0 Å². The first kappa shape index (κ1) is 16.2. The summed E-state index contributed by atoms with van der Waals surface area (Å²) in [5, 5.41) is 2.28. The number of rotatable bonds is 7. The molecule has 4 nitrogen and oxygen atoms in total. The van der Waals surface area contributed by atoms with Crippen molar-refractivity contribution in [1.82, 2.24) is 5.32 Å². The van der Waals surface area contributed by atoms with Crippen molar-refractivity contribution in [3.8, 4) is 0 Å². The molecule has 0 aliphatic rings. The van der Waals surface area contributed by atoms with E-state index >= 15 is 0 Å². The van der Waals surface area contributed by atoms with Gasteiger partial charge in [0.1, 0.15) is 6.61 Å². The van der Waals surface area contributed by atoms with Crippen LogP contribution in [0.4, 0.5) is 4.79 Å². The van der Waals surface area contributed by atoms with Gasteiger partial charge in [-0.1, -0.05) is 63.4 Å². The average Bonchev–Trinajstić information content (AvgIpc) is 2.46. The molecule has 2 amide bonds. The molecular weight excluding hydrogens is 254 g/mol. The predicted octanol–water partition coefficient (Wildman–Crippen LogP) is 3.66. The minimum absolute atomic E-state index is 0.161. The summed E-state index contributed by atoms with van der Waals surface area (Å²) >= 11 is 0. The average molecular weight is 277 g/mol. The van der Waals surface area contributed by atoms with Crippen LogP contribution in [0.25, 0.3) is 0 Å². The molecule has 0 bridgehead atoms. The molecule has 1 aromatic carbocycles. The van der Waals surface area contributed by atoms with Gasteiger partial charge >= 0.3 is 6.09 Å². The zero-order valence-corrected chi connectivity index (χ0v) is 12.2. The van der Waals surface area contributed by atoms with Crippen LogP contribution in [-0.4, -0.2) is 12.0 Å². The maximum Gasteiger partial charge on any atom is 0.414 e. The summed E-state index contributed by atoms with van der Waals surface area (Å²) in [6.07, 6.45) is 3.35. The molecule has 0 saturated carbocycles. The van der Waals surface area contributed by atoms with E-state index in [9.17, 15) is 9.59 Å². The molecule has 0 fully saturated rings. The van der Waals surface area contributed by atoms with E-state index in [0.29, 0.717) is 0 Å². The van der Waals surface area contributed by atoms with Crippen molar-refractivity contribution < 1.29 is 14.3 Å². The number of hydrogen-bond donors (Lipinski definition) is 1. The van der Waals surface area contributed by atoms with Crippen molar-refractivity contribution in [1.29, 1.82) is 0 Å². The number of alkyl carbamates (subject to hydrolysis) is 1. The predicted molar refractivity (Wildman–Crippen MR) is 78.1 cm³/mol. The Balaban J connectivity index is 2.25. The van der Waals surface area contributed by atoms with Gasteiger partial charge in [-0.15, -0.1) is 0 Å². The number of hydrogen-bond acceptors (Lipinski definition) is 3. The molecule has 1 atom stereocenters. The summed E-state index contributed by atoms with van der Waals surface area (Å²) in [5.74, 6) is -0.426. The van der Waals surface area contributed by atoms with Gasteiger partial charge in [0.25, 0.3) is 0 Å². The fourth-order valence-corrected chi connectivity index (χ4v) is 1.81. The quantitative estimate of drug-likeness (QED) is 0.774. The first-order valence-corrected chi connectivity index (χ1v) is 7.15. The molecule has 110 valence electrons. The van der Waals surface area contributed by atoms with Crippen LogP contribution in [0.5, 0.6) is 0 Å². The van der Waals surface area contributed by atoms with Crippen LogP contribution in [0.3, 0.4) is 0 Å². The molecule has 0 aliphatic carbocycles. The summed E-state index contributed by atoms with van der Waals surface area (Å²) < 4.78 is 5.00. The second-order valence-electron chi connectivity index (χ2n) is 4.95. The van der Waals surface area contributed by atoms with Gasteiger partial charge in [0.05, 0.1) is 0 Å². The van der Waals surface area contributed by atoms with Crippen LogP contribution in [0.1, 0.15) is 45.1 Å². The summed E-state index contributed by atoms with van der Waals surface area (Å²) in [7, 11) is 0. The van der Waals surface area contributed by atoms with Crippen molar-refractivity contribution in [3.63, 3.8) is 0 Å². The third kappa shape index (κ3) is 6.36. The van der Waals surface area contributed by atoms with E-state index in [4.69, 9.17) is 4.74 Å². The normalized spacial score (nSPS) is 11.7. The van der Waals surface area contributed by atoms with Crippen molar-refractivity contribution in [2.24, 2.45) is 5.92 Å². The molecule has 1 aromatic rings. The molecule has 1 N–H and O–H groups in total. The second-order valence-corrected chi connectivity index (χ2v) is 4.95. The number of unbranched alkanes of at least 4 members (excludes halogenated alkanes) is 2. The minimum Gasteiger partial charge on any atom is -0.444 e. The summed E-state index contributed by atoms with van der Waals surface area (Å²) in [6, 6.07) is 9.37. The van der Waals surface area contributed by atoms with E-state index in [-0.39, 0.29) is 18.4 Å². The fourth-order valence-electron chi connectivity index (χ4n) is 1.81.